The number of allylic oxidation sites excluding steroid dienone is 2. The fraction of sp³-hybridized carbons (Fsp3) is 0.750. The molecule has 0 aromatic rings. The maximum absolute atomic E-state index is 12.1. The number of carbonyl (C=O) groups excluding carboxylic acids is 1. The topological polar surface area (TPSA) is 17.1 Å². The Labute approximate surface area is 80.6 Å². The van der Waals surface area contributed by atoms with Gasteiger partial charge in [-0.15, -0.1) is 0 Å². The summed E-state index contributed by atoms with van der Waals surface area (Å²) in [5, 5.41) is 0. The van der Waals surface area contributed by atoms with E-state index < -0.39 is 5.89 Å². The van der Waals surface area contributed by atoms with Crippen molar-refractivity contribution < 1.29 is 6.17 Å². The number of hydrogen-bond donors (Lipinski definition) is 0. The third-order valence-electron chi connectivity index (χ3n) is 4.00. The van der Waals surface area contributed by atoms with E-state index in [2.05, 4.69) is 13.8 Å². The highest BCUT2D eigenvalue weighted by molar-refractivity contribution is 6.04. The summed E-state index contributed by atoms with van der Waals surface area (Å²) in [7, 11) is 0. The van der Waals surface area contributed by atoms with Crippen molar-refractivity contribution in [2.45, 2.75) is 39.5 Å². The van der Waals surface area contributed by atoms with Crippen molar-refractivity contribution in [2.24, 2.45) is 17.2 Å². The van der Waals surface area contributed by atoms with E-state index in [0.29, 0.717) is 0 Å². The van der Waals surface area contributed by atoms with Crippen molar-refractivity contribution in [1.82, 2.24) is 0 Å². The summed E-state index contributed by atoms with van der Waals surface area (Å²) in [6.07, 6.45) is 4.39. The minimum absolute atomic E-state index is 0.0831. The number of hydrogen-bond acceptors (Lipinski definition) is 1. The Kier molecular flexibility index (Phi) is 1.09. The van der Waals surface area contributed by atoms with E-state index >= 15 is 0 Å². The molecule has 0 heterocycles. The summed E-state index contributed by atoms with van der Waals surface area (Å²) >= 11 is 0. The van der Waals surface area contributed by atoms with Crippen LogP contribution in [-0.4, -0.2) is 5.78 Å². The molecule has 1 saturated carbocycles. The molecule has 2 atom stereocenters. The Morgan fingerprint density at radius 2 is 2.08 bits per heavy atom. The summed E-state index contributed by atoms with van der Waals surface area (Å²) in [5.41, 5.74) is 2.30. The van der Waals surface area contributed by atoms with Crippen molar-refractivity contribution in [2.75, 3.05) is 0 Å². The molecular weight excluding hydrogens is 160 g/mol. The van der Waals surface area contributed by atoms with E-state index in [9.17, 15) is 4.79 Å². The van der Waals surface area contributed by atoms with Gasteiger partial charge >= 0.3 is 0 Å². The average molecular weight is 177 g/mol. The van der Waals surface area contributed by atoms with Crippen LogP contribution in [0.5, 0.6) is 0 Å². The predicted molar refractivity (Wildman–Crippen MR) is 51.3 cm³/mol. The molecule has 0 N–H and O–H groups in total. The Hall–Kier alpha value is -0.590. The lowest BCUT2D eigenvalue weighted by molar-refractivity contribution is -0.117. The highest BCUT2D eigenvalue weighted by atomic mass is 16.1. The van der Waals surface area contributed by atoms with Gasteiger partial charge in [-0.2, -0.15) is 0 Å². The number of ketones is 1. The van der Waals surface area contributed by atoms with Crippen LogP contribution in [0.2, 0.25) is 0 Å². The smallest absolute Gasteiger partial charge is 0.163 e. The van der Waals surface area contributed by atoms with Crippen molar-refractivity contribution in [3.63, 3.8) is 0 Å². The standard InChI is InChI=1S/C12H16O/c1-12(2)9-7-5-3-4-6-8(7)11(13)10(9)12/h9-10H,3-6H2,1-2H3/t9-,10-/m0/s1/i10D. The quantitative estimate of drug-likeness (QED) is 0.556. The molecule has 3 rings (SSSR count). The summed E-state index contributed by atoms with van der Waals surface area (Å²) in [4.78, 5) is 12.1. The van der Waals surface area contributed by atoms with E-state index in [0.717, 1.165) is 24.8 Å². The molecule has 0 aromatic carbocycles. The van der Waals surface area contributed by atoms with Crippen molar-refractivity contribution >= 4 is 5.78 Å². The van der Waals surface area contributed by atoms with Gasteiger partial charge in [0.05, 0.1) is 0 Å². The lowest BCUT2D eigenvalue weighted by Gasteiger charge is -2.19. The van der Waals surface area contributed by atoms with E-state index in [1.807, 2.05) is 0 Å². The zero-order valence-corrected chi connectivity index (χ0v) is 8.31. The van der Waals surface area contributed by atoms with Crippen molar-refractivity contribution in [3.8, 4) is 0 Å². The molecule has 1 nitrogen and oxygen atoms in total. The normalized spacial score (nSPS) is 47.1. The number of rotatable bonds is 0. The molecule has 13 heavy (non-hydrogen) atoms. The zero-order chi connectivity index (χ0) is 10.1. The van der Waals surface area contributed by atoms with Crippen LogP contribution in [0, 0.1) is 17.2 Å². The van der Waals surface area contributed by atoms with E-state index in [1.54, 1.807) is 0 Å². The first-order chi connectivity index (χ1) is 6.51. The molecule has 0 amide bonds. The molecule has 0 unspecified atom stereocenters. The second kappa shape index (κ2) is 2.08. The lowest BCUT2D eigenvalue weighted by atomic mass is 9.85. The van der Waals surface area contributed by atoms with Crippen molar-refractivity contribution in [3.05, 3.63) is 11.1 Å². The largest absolute Gasteiger partial charge is 0.294 e. The van der Waals surface area contributed by atoms with Gasteiger partial charge in [-0.25, -0.2) is 0 Å². The summed E-state index contributed by atoms with van der Waals surface area (Å²) < 4.78 is 8.27. The number of fused-ring (bicyclic) bond motifs is 2. The first-order valence-electron chi connectivity index (χ1n) is 5.78. The summed E-state index contributed by atoms with van der Waals surface area (Å²) in [5.74, 6) is -0.345. The first kappa shape index (κ1) is 6.80. The monoisotopic (exact) mass is 177 g/mol. The molecule has 3 aliphatic rings. The Morgan fingerprint density at radius 3 is 2.85 bits per heavy atom. The van der Waals surface area contributed by atoms with Crippen LogP contribution in [-0.2, 0) is 4.79 Å². The summed E-state index contributed by atoms with van der Waals surface area (Å²) in [6, 6.07) is 0. The molecule has 0 radical (unpaired) electrons. The van der Waals surface area contributed by atoms with Gasteiger partial charge in [-0.1, -0.05) is 19.4 Å². The van der Waals surface area contributed by atoms with Gasteiger partial charge in [0.25, 0.3) is 0 Å². The maximum atomic E-state index is 12.1. The average Bonchev–Trinajstić information content (AvgIpc) is 2.46. The fourth-order valence-electron chi connectivity index (χ4n) is 3.25. The molecule has 0 saturated heterocycles. The minimum Gasteiger partial charge on any atom is -0.294 e. The fourth-order valence-corrected chi connectivity index (χ4v) is 3.25. The van der Waals surface area contributed by atoms with E-state index in [-0.39, 0.29) is 17.1 Å². The Morgan fingerprint density at radius 1 is 1.38 bits per heavy atom. The van der Waals surface area contributed by atoms with Crippen LogP contribution in [0.4, 0.5) is 0 Å². The van der Waals surface area contributed by atoms with Crippen LogP contribution >= 0.6 is 0 Å². The van der Waals surface area contributed by atoms with Gasteiger partial charge in [0.2, 0.25) is 0 Å². The molecule has 3 aliphatic carbocycles. The molecule has 1 heteroatoms. The lowest BCUT2D eigenvalue weighted by Crippen LogP contribution is -2.12. The third kappa shape index (κ3) is 0.762. The zero-order valence-electron chi connectivity index (χ0n) is 9.31. The first-order valence-corrected chi connectivity index (χ1v) is 5.28. The predicted octanol–water partition coefficient (Wildman–Crippen LogP) is 2.71. The Bertz CT molecular complexity index is 367. The van der Waals surface area contributed by atoms with E-state index in [1.165, 1.54) is 12.0 Å². The number of carbonyl (C=O) groups is 1. The SMILES string of the molecule is [2H][C@@]12C(=O)C3=C(CCCC3)[C@@H]1C2(C)C. The molecular formula is C12H16O. The van der Waals surface area contributed by atoms with Crippen LogP contribution in [0.1, 0.15) is 40.9 Å². The van der Waals surface area contributed by atoms with Gasteiger partial charge in [0.15, 0.2) is 5.78 Å². The molecule has 0 aliphatic heterocycles. The molecule has 1 fully saturated rings. The molecule has 0 aromatic heterocycles. The maximum Gasteiger partial charge on any atom is 0.163 e. The molecule has 0 bridgehead atoms. The second-order valence-electron chi connectivity index (χ2n) is 5.11. The van der Waals surface area contributed by atoms with E-state index in [4.69, 9.17) is 1.37 Å². The highest BCUT2D eigenvalue weighted by Gasteiger charge is 2.67. The molecule has 70 valence electrons. The summed E-state index contributed by atoms with van der Waals surface area (Å²) in [6.45, 7) is 4.14. The van der Waals surface area contributed by atoms with Crippen LogP contribution in [0.25, 0.3) is 0 Å². The van der Waals surface area contributed by atoms with Gasteiger partial charge in [0.1, 0.15) is 0 Å². The van der Waals surface area contributed by atoms with Gasteiger partial charge in [-0.3, -0.25) is 4.79 Å². The molecule has 0 spiro atoms. The number of Topliss-reactive ketones (excluding diaryl/α,β-unsaturated/α-hetero) is 1. The minimum atomic E-state index is -0.762. The van der Waals surface area contributed by atoms with Crippen molar-refractivity contribution in [1.29, 1.82) is 0 Å². The van der Waals surface area contributed by atoms with Gasteiger partial charge < -0.3 is 0 Å². The van der Waals surface area contributed by atoms with Gasteiger partial charge in [-0.05, 0) is 42.6 Å². The van der Waals surface area contributed by atoms with Crippen LogP contribution in [0.3, 0.4) is 0 Å². The van der Waals surface area contributed by atoms with Gasteiger partial charge in [0, 0.05) is 7.26 Å². The second-order valence-corrected chi connectivity index (χ2v) is 5.11. The highest BCUT2D eigenvalue weighted by Crippen LogP contribution is 2.68. The van der Waals surface area contributed by atoms with Crippen LogP contribution < -0.4 is 0 Å². The third-order valence-corrected chi connectivity index (χ3v) is 4.00. The van der Waals surface area contributed by atoms with Crippen LogP contribution in [0.15, 0.2) is 11.1 Å². The Balaban J connectivity index is 2.10.